The summed E-state index contributed by atoms with van der Waals surface area (Å²) in [7, 11) is 0. The molecular weight excluding hydrogens is 256 g/mol. The number of rotatable bonds is 4. The summed E-state index contributed by atoms with van der Waals surface area (Å²) in [5.41, 5.74) is 0. The van der Waals surface area contributed by atoms with E-state index >= 15 is 0 Å². The van der Waals surface area contributed by atoms with E-state index in [9.17, 15) is 39.9 Å². The minimum atomic E-state index is -6.51. The molecule has 0 saturated heterocycles. The number of carbonyl (C=O) groups excluding carboxylic acids is 1. The number of esters is 1. The number of carbonyl (C=O) groups is 1. The van der Waals surface area contributed by atoms with Crippen molar-refractivity contribution in [1.82, 2.24) is 0 Å². The molecule has 0 amide bonds. The van der Waals surface area contributed by atoms with Gasteiger partial charge in [-0.15, -0.1) is 0 Å². The molecule has 0 N–H and O–H groups in total. The van der Waals surface area contributed by atoms with Crippen LogP contribution in [0.2, 0.25) is 0 Å². The molecule has 10 heteroatoms. The van der Waals surface area contributed by atoms with Gasteiger partial charge >= 0.3 is 30.3 Å². The molecule has 0 aromatic heterocycles. The molecule has 0 aromatic rings. The molecule has 0 aromatic carbocycles. The standard InChI is InChI=1S/C6H4F8O2/c1-2(15)16-6(13,14)5(11,12)4(9,10)3(7)8/h3H,1H3. The molecule has 0 bridgehead atoms. The van der Waals surface area contributed by atoms with Crippen LogP contribution in [-0.2, 0) is 9.53 Å². The number of alkyl halides is 8. The maximum atomic E-state index is 12.3. The normalized spacial score (nSPS) is 14.1. The van der Waals surface area contributed by atoms with Gasteiger partial charge < -0.3 is 4.74 Å². The van der Waals surface area contributed by atoms with Crippen LogP contribution < -0.4 is 0 Å². The smallest absolute Gasteiger partial charge is 0.396 e. The Balaban J connectivity index is 5.25. The van der Waals surface area contributed by atoms with E-state index in [4.69, 9.17) is 0 Å². The van der Waals surface area contributed by atoms with E-state index in [1.807, 2.05) is 0 Å². The monoisotopic (exact) mass is 260 g/mol. The molecule has 0 radical (unpaired) electrons. The van der Waals surface area contributed by atoms with E-state index in [1.54, 1.807) is 0 Å². The molecule has 0 saturated carbocycles. The first-order valence-electron chi connectivity index (χ1n) is 3.47. The Morgan fingerprint density at radius 3 is 1.69 bits per heavy atom. The molecule has 0 aliphatic carbocycles. The third-order valence-corrected chi connectivity index (χ3v) is 1.33. The first kappa shape index (κ1) is 14.9. The predicted molar refractivity (Wildman–Crippen MR) is 32.6 cm³/mol. The van der Waals surface area contributed by atoms with Crippen LogP contribution in [0.1, 0.15) is 6.92 Å². The molecule has 96 valence electrons. The molecule has 2 nitrogen and oxygen atoms in total. The maximum Gasteiger partial charge on any atom is 0.473 e. The highest BCUT2D eigenvalue weighted by molar-refractivity contribution is 5.66. The van der Waals surface area contributed by atoms with E-state index in [2.05, 4.69) is 4.74 Å². The summed E-state index contributed by atoms with van der Waals surface area (Å²) in [4.78, 5) is 9.93. The maximum absolute atomic E-state index is 12.3. The second-order valence-electron chi connectivity index (χ2n) is 2.61. The van der Waals surface area contributed by atoms with E-state index in [0.29, 0.717) is 0 Å². The Kier molecular flexibility index (Phi) is 3.78. The lowest BCUT2D eigenvalue weighted by Gasteiger charge is -2.30. The van der Waals surface area contributed by atoms with Gasteiger partial charge in [0.2, 0.25) is 0 Å². The summed E-state index contributed by atoms with van der Waals surface area (Å²) in [6.07, 6.45) is -11.1. The van der Waals surface area contributed by atoms with Crippen LogP contribution in [0.3, 0.4) is 0 Å². The van der Waals surface area contributed by atoms with Gasteiger partial charge in [-0.3, -0.25) is 4.79 Å². The Bertz CT molecular complexity index is 274. The minimum Gasteiger partial charge on any atom is -0.396 e. The van der Waals surface area contributed by atoms with Crippen LogP contribution in [0.25, 0.3) is 0 Å². The Morgan fingerprint density at radius 1 is 1.06 bits per heavy atom. The molecule has 0 spiro atoms. The quantitative estimate of drug-likeness (QED) is 0.573. The summed E-state index contributed by atoms with van der Waals surface area (Å²) >= 11 is 0. The molecule has 0 rings (SSSR count). The Labute approximate surface area is 83.2 Å². The number of halogens is 8. The summed E-state index contributed by atoms with van der Waals surface area (Å²) in [6, 6.07) is 0. The Hall–Kier alpha value is -1.09. The lowest BCUT2D eigenvalue weighted by Crippen LogP contribution is -2.58. The van der Waals surface area contributed by atoms with Gasteiger partial charge in [-0.25, -0.2) is 8.78 Å². The highest BCUT2D eigenvalue weighted by atomic mass is 19.4. The second kappa shape index (κ2) is 4.06. The fourth-order valence-corrected chi connectivity index (χ4v) is 0.576. The third-order valence-electron chi connectivity index (χ3n) is 1.33. The van der Waals surface area contributed by atoms with Gasteiger partial charge in [0, 0.05) is 6.92 Å². The summed E-state index contributed by atoms with van der Waals surface area (Å²) in [5.74, 6) is -14.9. The average Bonchev–Trinajstić information content (AvgIpc) is 2.00. The molecule has 0 heterocycles. The molecule has 0 fully saturated rings. The minimum absolute atomic E-state index is 0.227. The highest BCUT2D eigenvalue weighted by Gasteiger charge is 2.78. The van der Waals surface area contributed by atoms with Crippen molar-refractivity contribution in [1.29, 1.82) is 0 Å². The number of ether oxygens (including phenoxy) is 1. The first-order valence-corrected chi connectivity index (χ1v) is 3.47. The van der Waals surface area contributed by atoms with Gasteiger partial charge in [0.05, 0.1) is 0 Å². The van der Waals surface area contributed by atoms with Crippen LogP contribution >= 0.6 is 0 Å². The van der Waals surface area contributed by atoms with Crippen LogP contribution in [-0.4, -0.2) is 30.3 Å². The van der Waals surface area contributed by atoms with Crippen molar-refractivity contribution < 1.29 is 44.7 Å². The summed E-state index contributed by atoms with van der Waals surface area (Å²) in [6.45, 7) is 0.227. The van der Waals surface area contributed by atoms with E-state index in [-0.39, 0.29) is 6.92 Å². The SMILES string of the molecule is CC(=O)OC(F)(F)C(F)(F)C(F)(F)C(F)F. The molecule has 16 heavy (non-hydrogen) atoms. The fraction of sp³-hybridized carbons (Fsp3) is 0.833. The highest BCUT2D eigenvalue weighted by Crippen LogP contribution is 2.48. The van der Waals surface area contributed by atoms with Gasteiger partial charge in [-0.2, -0.15) is 26.3 Å². The van der Waals surface area contributed by atoms with Gasteiger partial charge in [0.1, 0.15) is 0 Å². The zero-order valence-corrected chi connectivity index (χ0v) is 7.42. The molecule has 0 atom stereocenters. The van der Waals surface area contributed by atoms with Crippen LogP contribution in [0.5, 0.6) is 0 Å². The lowest BCUT2D eigenvalue weighted by molar-refractivity contribution is -0.400. The van der Waals surface area contributed by atoms with Crippen molar-refractivity contribution >= 4 is 5.97 Å². The van der Waals surface area contributed by atoms with Crippen molar-refractivity contribution in [2.24, 2.45) is 0 Å². The largest absolute Gasteiger partial charge is 0.473 e. The van der Waals surface area contributed by atoms with Crippen LogP contribution in [0, 0.1) is 0 Å². The van der Waals surface area contributed by atoms with Gasteiger partial charge in [0.25, 0.3) is 0 Å². The first-order chi connectivity index (χ1) is 6.86. The molecule has 0 aliphatic rings. The van der Waals surface area contributed by atoms with Gasteiger partial charge in [-0.05, 0) is 0 Å². The molecular formula is C6H4F8O2. The third kappa shape index (κ3) is 2.35. The predicted octanol–water partition coefficient (Wildman–Crippen LogP) is 2.68. The average molecular weight is 260 g/mol. The lowest BCUT2D eigenvalue weighted by atomic mass is 10.1. The zero-order chi connectivity index (χ0) is 13.4. The molecule has 0 aliphatic heterocycles. The van der Waals surface area contributed by atoms with Gasteiger partial charge in [-0.1, -0.05) is 0 Å². The van der Waals surface area contributed by atoms with Crippen molar-refractivity contribution in [2.45, 2.75) is 31.3 Å². The summed E-state index contributed by atoms with van der Waals surface area (Å²) in [5, 5.41) is 0. The van der Waals surface area contributed by atoms with Crippen LogP contribution in [0.4, 0.5) is 35.1 Å². The number of hydrogen-bond acceptors (Lipinski definition) is 2. The van der Waals surface area contributed by atoms with Crippen molar-refractivity contribution in [2.75, 3.05) is 0 Å². The Morgan fingerprint density at radius 2 is 1.44 bits per heavy atom. The molecule has 0 unspecified atom stereocenters. The fourth-order valence-electron chi connectivity index (χ4n) is 0.576. The van der Waals surface area contributed by atoms with Crippen molar-refractivity contribution in [3.8, 4) is 0 Å². The van der Waals surface area contributed by atoms with E-state index in [0.717, 1.165) is 0 Å². The van der Waals surface area contributed by atoms with Gasteiger partial charge in [0.15, 0.2) is 0 Å². The zero-order valence-electron chi connectivity index (χ0n) is 7.42. The summed E-state index contributed by atoms with van der Waals surface area (Å²) < 4.78 is 99.0. The van der Waals surface area contributed by atoms with E-state index in [1.165, 1.54) is 0 Å². The van der Waals surface area contributed by atoms with E-state index < -0.39 is 30.3 Å². The van der Waals surface area contributed by atoms with Crippen molar-refractivity contribution in [3.63, 3.8) is 0 Å². The number of hydrogen-bond donors (Lipinski definition) is 0. The second-order valence-corrected chi connectivity index (χ2v) is 2.61. The van der Waals surface area contributed by atoms with Crippen LogP contribution in [0.15, 0.2) is 0 Å². The van der Waals surface area contributed by atoms with Crippen molar-refractivity contribution in [3.05, 3.63) is 0 Å². The topological polar surface area (TPSA) is 26.3 Å².